The Labute approximate surface area is 113 Å². The number of amides is 1. The van der Waals surface area contributed by atoms with Gasteiger partial charge in [-0.05, 0) is 31.4 Å². The molecule has 1 aromatic carbocycles. The standard InChI is InChI=1S/C15H19N3O/c16-11-15(12-5-2-1-3-6-12)9-13(10-15)18-8-4-7-14(17)19/h1-3,5-6,13,18H,4,7-10H2,(H2,17,19). The van der Waals surface area contributed by atoms with Crippen LogP contribution in [-0.2, 0) is 10.2 Å². The number of hydrogen-bond acceptors (Lipinski definition) is 3. The average molecular weight is 257 g/mol. The Morgan fingerprint density at radius 1 is 1.42 bits per heavy atom. The first-order valence-corrected chi connectivity index (χ1v) is 6.65. The molecule has 0 aromatic heterocycles. The summed E-state index contributed by atoms with van der Waals surface area (Å²) in [5, 5.41) is 12.8. The fraction of sp³-hybridized carbons (Fsp3) is 0.467. The fourth-order valence-corrected chi connectivity index (χ4v) is 2.64. The molecule has 0 spiro atoms. The summed E-state index contributed by atoms with van der Waals surface area (Å²) in [7, 11) is 0. The molecule has 4 heteroatoms. The Kier molecular flexibility index (Phi) is 4.18. The van der Waals surface area contributed by atoms with E-state index in [4.69, 9.17) is 5.73 Å². The summed E-state index contributed by atoms with van der Waals surface area (Å²) in [6.07, 6.45) is 2.85. The zero-order valence-electron chi connectivity index (χ0n) is 10.9. The van der Waals surface area contributed by atoms with Crippen LogP contribution in [0.4, 0.5) is 0 Å². The van der Waals surface area contributed by atoms with Gasteiger partial charge in [0.1, 0.15) is 0 Å². The molecule has 0 radical (unpaired) electrons. The highest BCUT2D eigenvalue weighted by molar-refractivity contribution is 5.73. The summed E-state index contributed by atoms with van der Waals surface area (Å²) in [5.74, 6) is -0.258. The van der Waals surface area contributed by atoms with E-state index in [-0.39, 0.29) is 11.3 Å². The van der Waals surface area contributed by atoms with E-state index < -0.39 is 0 Å². The third kappa shape index (κ3) is 3.12. The number of primary amides is 1. The van der Waals surface area contributed by atoms with E-state index in [0.717, 1.165) is 31.4 Å². The molecule has 1 amide bonds. The molecule has 1 saturated carbocycles. The van der Waals surface area contributed by atoms with Gasteiger partial charge < -0.3 is 11.1 Å². The molecule has 0 saturated heterocycles. The highest BCUT2D eigenvalue weighted by Gasteiger charge is 2.45. The van der Waals surface area contributed by atoms with Crippen LogP contribution in [0.15, 0.2) is 30.3 Å². The maximum atomic E-state index is 10.6. The highest BCUT2D eigenvalue weighted by Crippen LogP contribution is 2.43. The van der Waals surface area contributed by atoms with E-state index in [9.17, 15) is 10.1 Å². The van der Waals surface area contributed by atoms with E-state index in [0.29, 0.717) is 12.5 Å². The zero-order chi connectivity index (χ0) is 13.7. The Morgan fingerprint density at radius 3 is 2.68 bits per heavy atom. The lowest BCUT2D eigenvalue weighted by atomic mass is 9.62. The van der Waals surface area contributed by atoms with Crippen molar-refractivity contribution in [3.8, 4) is 6.07 Å². The van der Waals surface area contributed by atoms with Crippen molar-refractivity contribution in [3.05, 3.63) is 35.9 Å². The Hall–Kier alpha value is -1.86. The van der Waals surface area contributed by atoms with Gasteiger partial charge in [0.25, 0.3) is 0 Å². The van der Waals surface area contributed by atoms with Gasteiger partial charge in [-0.15, -0.1) is 0 Å². The minimum absolute atomic E-state index is 0.258. The number of hydrogen-bond donors (Lipinski definition) is 2. The van der Waals surface area contributed by atoms with Crippen LogP contribution in [0.2, 0.25) is 0 Å². The molecule has 1 fully saturated rings. The van der Waals surface area contributed by atoms with Crippen molar-refractivity contribution in [2.75, 3.05) is 6.54 Å². The number of nitrogens with zero attached hydrogens (tertiary/aromatic N) is 1. The zero-order valence-corrected chi connectivity index (χ0v) is 10.9. The first-order chi connectivity index (χ1) is 9.16. The molecule has 4 nitrogen and oxygen atoms in total. The first-order valence-electron chi connectivity index (χ1n) is 6.65. The summed E-state index contributed by atoms with van der Waals surface area (Å²) in [6.45, 7) is 0.782. The summed E-state index contributed by atoms with van der Waals surface area (Å²) < 4.78 is 0. The normalized spacial score (nSPS) is 25.3. The van der Waals surface area contributed by atoms with Gasteiger partial charge in [-0.1, -0.05) is 30.3 Å². The topological polar surface area (TPSA) is 78.9 Å². The molecule has 1 aromatic rings. The summed E-state index contributed by atoms with van der Waals surface area (Å²) in [5.41, 5.74) is 5.86. The fourth-order valence-electron chi connectivity index (χ4n) is 2.64. The monoisotopic (exact) mass is 257 g/mol. The molecule has 19 heavy (non-hydrogen) atoms. The van der Waals surface area contributed by atoms with Gasteiger partial charge in [-0.2, -0.15) is 5.26 Å². The number of carbonyl (C=O) groups excluding carboxylic acids is 1. The Balaban J connectivity index is 1.80. The van der Waals surface area contributed by atoms with Gasteiger partial charge in [-0.3, -0.25) is 4.79 Å². The minimum atomic E-state index is -0.331. The minimum Gasteiger partial charge on any atom is -0.370 e. The second kappa shape index (κ2) is 5.85. The van der Waals surface area contributed by atoms with Crippen molar-refractivity contribution in [1.29, 1.82) is 5.26 Å². The van der Waals surface area contributed by atoms with Gasteiger partial charge in [-0.25, -0.2) is 0 Å². The number of benzene rings is 1. The van der Waals surface area contributed by atoms with Crippen LogP contribution < -0.4 is 11.1 Å². The van der Waals surface area contributed by atoms with Crippen LogP contribution in [0.3, 0.4) is 0 Å². The first kappa shape index (κ1) is 13.6. The largest absolute Gasteiger partial charge is 0.370 e. The van der Waals surface area contributed by atoms with Gasteiger partial charge in [0.05, 0.1) is 11.5 Å². The molecule has 0 atom stereocenters. The van der Waals surface area contributed by atoms with Gasteiger partial charge in [0, 0.05) is 12.5 Å². The SMILES string of the molecule is N#CC1(c2ccccc2)CC(NCCCC(N)=O)C1. The predicted molar refractivity (Wildman–Crippen MR) is 73.2 cm³/mol. The van der Waals surface area contributed by atoms with Crippen molar-refractivity contribution >= 4 is 5.91 Å². The third-order valence-electron chi connectivity index (χ3n) is 3.76. The van der Waals surface area contributed by atoms with E-state index in [2.05, 4.69) is 11.4 Å². The quantitative estimate of drug-likeness (QED) is 0.757. The molecule has 2 rings (SSSR count). The maximum absolute atomic E-state index is 10.6. The van der Waals surface area contributed by atoms with Crippen LogP contribution in [0.25, 0.3) is 0 Å². The number of nitrogens with one attached hydrogen (secondary N) is 1. The number of nitriles is 1. The molecule has 0 heterocycles. The highest BCUT2D eigenvalue weighted by atomic mass is 16.1. The number of rotatable bonds is 6. The smallest absolute Gasteiger partial charge is 0.217 e. The Bertz CT molecular complexity index is 472. The molecule has 100 valence electrons. The van der Waals surface area contributed by atoms with E-state index >= 15 is 0 Å². The van der Waals surface area contributed by atoms with E-state index in [1.807, 2.05) is 30.3 Å². The van der Waals surface area contributed by atoms with Crippen molar-refractivity contribution in [3.63, 3.8) is 0 Å². The maximum Gasteiger partial charge on any atom is 0.217 e. The summed E-state index contributed by atoms with van der Waals surface area (Å²) in [4.78, 5) is 10.6. The van der Waals surface area contributed by atoms with E-state index in [1.165, 1.54) is 0 Å². The average Bonchev–Trinajstić information content (AvgIpc) is 2.37. The number of nitrogens with two attached hydrogens (primary N) is 1. The van der Waals surface area contributed by atoms with Crippen LogP contribution >= 0.6 is 0 Å². The van der Waals surface area contributed by atoms with Gasteiger partial charge in [0.15, 0.2) is 0 Å². The molecule has 0 aliphatic heterocycles. The lowest BCUT2D eigenvalue weighted by Crippen LogP contribution is -2.51. The van der Waals surface area contributed by atoms with Crippen LogP contribution in [0.5, 0.6) is 0 Å². The molecular formula is C15H19N3O. The lowest BCUT2D eigenvalue weighted by Gasteiger charge is -2.43. The van der Waals surface area contributed by atoms with E-state index in [1.54, 1.807) is 0 Å². The Morgan fingerprint density at radius 2 is 2.11 bits per heavy atom. The van der Waals surface area contributed by atoms with Crippen molar-refractivity contribution in [2.24, 2.45) is 5.73 Å². The molecule has 1 aliphatic rings. The van der Waals surface area contributed by atoms with Gasteiger partial charge >= 0.3 is 0 Å². The second-order valence-electron chi connectivity index (χ2n) is 5.19. The van der Waals surface area contributed by atoms with Crippen LogP contribution in [-0.4, -0.2) is 18.5 Å². The second-order valence-corrected chi connectivity index (χ2v) is 5.19. The predicted octanol–water partition coefficient (Wildman–Crippen LogP) is 1.47. The van der Waals surface area contributed by atoms with Crippen molar-refractivity contribution in [1.82, 2.24) is 5.32 Å². The summed E-state index contributed by atoms with van der Waals surface area (Å²) in [6, 6.07) is 12.8. The lowest BCUT2D eigenvalue weighted by molar-refractivity contribution is -0.118. The van der Waals surface area contributed by atoms with Gasteiger partial charge in [0.2, 0.25) is 5.91 Å². The van der Waals surface area contributed by atoms with Crippen LogP contribution in [0, 0.1) is 11.3 Å². The van der Waals surface area contributed by atoms with Crippen molar-refractivity contribution in [2.45, 2.75) is 37.1 Å². The van der Waals surface area contributed by atoms with Crippen molar-refractivity contribution < 1.29 is 4.79 Å². The molecule has 3 N–H and O–H groups in total. The number of carbonyl (C=O) groups is 1. The third-order valence-corrected chi connectivity index (χ3v) is 3.76. The molecular weight excluding hydrogens is 238 g/mol. The van der Waals surface area contributed by atoms with Crippen LogP contribution in [0.1, 0.15) is 31.2 Å². The molecule has 1 aliphatic carbocycles. The molecule has 0 unspecified atom stereocenters. The summed E-state index contributed by atoms with van der Waals surface area (Å²) >= 11 is 0. The molecule has 0 bridgehead atoms.